The molecule has 0 unspecified atom stereocenters. The van der Waals surface area contributed by atoms with Crippen molar-refractivity contribution < 1.29 is 17.9 Å². The summed E-state index contributed by atoms with van der Waals surface area (Å²) in [6.45, 7) is 2.77. The Kier molecular flexibility index (Phi) is 6.43. The molecule has 0 atom stereocenters. The monoisotopic (exact) mass is 444 g/mol. The number of nitrogens with zero attached hydrogens (tertiary/aromatic N) is 3. The van der Waals surface area contributed by atoms with Gasteiger partial charge < -0.3 is 15.0 Å². The van der Waals surface area contributed by atoms with Crippen molar-refractivity contribution in [2.75, 3.05) is 43.5 Å². The highest BCUT2D eigenvalue weighted by Gasteiger charge is 2.27. The molecule has 0 aliphatic carbocycles. The van der Waals surface area contributed by atoms with Gasteiger partial charge in [0.15, 0.2) is 0 Å². The molecule has 3 heterocycles. The van der Waals surface area contributed by atoms with E-state index in [4.69, 9.17) is 4.74 Å². The van der Waals surface area contributed by atoms with Crippen LogP contribution in [-0.4, -0.2) is 56.9 Å². The van der Waals surface area contributed by atoms with Crippen LogP contribution in [0.1, 0.15) is 42.5 Å². The molecule has 1 aromatic heterocycles. The summed E-state index contributed by atoms with van der Waals surface area (Å²) in [5, 5.41) is 2.84. The second-order valence-electron chi connectivity index (χ2n) is 7.85. The Morgan fingerprint density at radius 2 is 1.74 bits per heavy atom. The molecule has 1 N–H and O–H groups in total. The van der Waals surface area contributed by atoms with Gasteiger partial charge >= 0.3 is 0 Å². The average Bonchev–Trinajstić information content (AvgIpc) is 3.34. The highest BCUT2D eigenvalue weighted by molar-refractivity contribution is 7.89. The number of hydrogen-bond acceptors (Lipinski definition) is 6. The summed E-state index contributed by atoms with van der Waals surface area (Å²) in [5.74, 6) is 0.701. The van der Waals surface area contributed by atoms with Gasteiger partial charge in [0, 0.05) is 32.4 Å². The Bertz CT molecular complexity index is 1050. The topological polar surface area (TPSA) is 91.8 Å². The first-order valence-corrected chi connectivity index (χ1v) is 12.1. The second kappa shape index (κ2) is 9.23. The lowest BCUT2D eigenvalue weighted by Gasteiger charge is -2.26. The van der Waals surface area contributed by atoms with Gasteiger partial charge in [0.2, 0.25) is 10.0 Å². The van der Waals surface area contributed by atoms with Crippen molar-refractivity contribution in [3.63, 3.8) is 0 Å². The first-order chi connectivity index (χ1) is 15.0. The zero-order valence-corrected chi connectivity index (χ0v) is 18.5. The number of nitrogens with one attached hydrogen (secondary N) is 1. The predicted molar refractivity (Wildman–Crippen MR) is 119 cm³/mol. The minimum Gasteiger partial charge on any atom is -0.495 e. The van der Waals surface area contributed by atoms with E-state index in [1.165, 1.54) is 23.5 Å². The minimum absolute atomic E-state index is 0.149. The number of hydrogen-bond donors (Lipinski definition) is 1. The Morgan fingerprint density at radius 3 is 2.45 bits per heavy atom. The van der Waals surface area contributed by atoms with Crippen LogP contribution in [0, 0.1) is 0 Å². The fourth-order valence-corrected chi connectivity index (χ4v) is 5.69. The molecular formula is C22H28N4O4S. The van der Waals surface area contributed by atoms with E-state index >= 15 is 0 Å². The van der Waals surface area contributed by atoms with Crippen LogP contribution >= 0.6 is 0 Å². The van der Waals surface area contributed by atoms with Crippen LogP contribution in [0.5, 0.6) is 5.75 Å². The molecule has 2 aliphatic rings. The van der Waals surface area contributed by atoms with Crippen molar-refractivity contribution in [3.05, 3.63) is 42.1 Å². The van der Waals surface area contributed by atoms with Gasteiger partial charge in [0.1, 0.15) is 11.6 Å². The quantitative estimate of drug-likeness (QED) is 0.736. The second-order valence-corrected chi connectivity index (χ2v) is 9.79. The first kappa shape index (κ1) is 21.6. The third kappa shape index (κ3) is 4.52. The lowest BCUT2D eigenvalue weighted by molar-refractivity contribution is 0.102. The van der Waals surface area contributed by atoms with Crippen LogP contribution in [0.3, 0.4) is 0 Å². The highest BCUT2D eigenvalue weighted by atomic mass is 32.2. The number of benzene rings is 1. The van der Waals surface area contributed by atoms with Gasteiger partial charge in [-0.2, -0.15) is 4.31 Å². The molecule has 4 rings (SSSR count). The number of sulfonamides is 1. The molecule has 1 aromatic carbocycles. The summed E-state index contributed by atoms with van der Waals surface area (Å²) < 4.78 is 33.0. The Morgan fingerprint density at radius 1 is 1.03 bits per heavy atom. The fourth-order valence-electron chi connectivity index (χ4n) is 4.14. The molecule has 166 valence electrons. The van der Waals surface area contributed by atoms with Gasteiger partial charge in [-0.3, -0.25) is 4.79 Å². The fraction of sp³-hybridized carbons (Fsp3) is 0.455. The summed E-state index contributed by atoms with van der Waals surface area (Å²) in [6.07, 6.45) is 6.58. The van der Waals surface area contributed by atoms with E-state index in [2.05, 4.69) is 15.2 Å². The standard InChI is InChI=1S/C22H28N4O4S/c1-30-20-10-9-17(31(28,29)26-14-3-2-4-15-26)16-19(20)24-22(27)18-8-7-11-23-21(18)25-12-5-6-13-25/h7-11,16H,2-6,12-15H2,1H3,(H,24,27). The molecule has 0 saturated carbocycles. The van der Waals surface area contributed by atoms with Gasteiger partial charge in [0.05, 0.1) is 23.3 Å². The number of ether oxygens (including phenoxy) is 1. The SMILES string of the molecule is COc1ccc(S(=O)(=O)N2CCCCC2)cc1NC(=O)c1cccnc1N1CCCC1. The van der Waals surface area contributed by atoms with Gasteiger partial charge in [-0.25, -0.2) is 13.4 Å². The van der Waals surface area contributed by atoms with E-state index in [0.29, 0.717) is 35.9 Å². The molecule has 0 radical (unpaired) electrons. The number of pyridine rings is 1. The number of anilines is 2. The first-order valence-electron chi connectivity index (χ1n) is 10.7. The Hall–Kier alpha value is -2.65. The number of aromatic nitrogens is 1. The number of amides is 1. The lowest BCUT2D eigenvalue weighted by atomic mass is 10.2. The van der Waals surface area contributed by atoms with Crippen LogP contribution in [0.2, 0.25) is 0 Å². The molecule has 2 fully saturated rings. The van der Waals surface area contributed by atoms with Crippen molar-refractivity contribution >= 4 is 27.4 Å². The molecule has 2 saturated heterocycles. The molecule has 8 nitrogen and oxygen atoms in total. The molecule has 0 bridgehead atoms. The van der Waals surface area contributed by atoms with Crippen LogP contribution in [-0.2, 0) is 10.0 Å². The van der Waals surface area contributed by atoms with Gasteiger partial charge in [-0.05, 0) is 56.0 Å². The van der Waals surface area contributed by atoms with Crippen LogP contribution in [0.4, 0.5) is 11.5 Å². The van der Waals surface area contributed by atoms with Gasteiger partial charge in [-0.1, -0.05) is 6.42 Å². The molecule has 0 spiro atoms. The van der Waals surface area contributed by atoms with Crippen LogP contribution in [0.25, 0.3) is 0 Å². The van der Waals surface area contributed by atoms with Crippen molar-refractivity contribution in [1.82, 2.24) is 9.29 Å². The third-order valence-corrected chi connectivity index (χ3v) is 7.70. The van der Waals surface area contributed by atoms with E-state index < -0.39 is 10.0 Å². The molecule has 1 amide bonds. The third-order valence-electron chi connectivity index (χ3n) is 5.81. The Labute approximate surface area is 183 Å². The maximum atomic E-state index is 13.1. The molecule has 31 heavy (non-hydrogen) atoms. The van der Waals surface area contributed by atoms with E-state index in [9.17, 15) is 13.2 Å². The maximum Gasteiger partial charge on any atom is 0.259 e. The number of carbonyl (C=O) groups is 1. The summed E-state index contributed by atoms with van der Waals surface area (Å²) in [7, 11) is -2.14. The van der Waals surface area contributed by atoms with E-state index in [0.717, 1.165) is 45.2 Å². The number of rotatable bonds is 6. The van der Waals surface area contributed by atoms with Crippen molar-refractivity contribution in [2.24, 2.45) is 0 Å². The van der Waals surface area contributed by atoms with E-state index in [1.807, 2.05) is 0 Å². The van der Waals surface area contributed by atoms with E-state index in [-0.39, 0.29) is 10.8 Å². The Balaban J connectivity index is 1.62. The summed E-state index contributed by atoms with van der Waals surface area (Å²) in [6, 6.07) is 8.04. The molecule has 2 aliphatic heterocycles. The van der Waals surface area contributed by atoms with E-state index in [1.54, 1.807) is 24.4 Å². The lowest BCUT2D eigenvalue weighted by Crippen LogP contribution is -2.35. The molecule has 2 aromatic rings. The molecule has 9 heteroatoms. The van der Waals surface area contributed by atoms with Crippen LogP contribution < -0.4 is 15.0 Å². The van der Waals surface area contributed by atoms with Crippen molar-refractivity contribution in [1.29, 1.82) is 0 Å². The zero-order chi connectivity index (χ0) is 21.8. The number of carbonyl (C=O) groups excluding carboxylic acids is 1. The van der Waals surface area contributed by atoms with Gasteiger partial charge in [0.25, 0.3) is 5.91 Å². The average molecular weight is 445 g/mol. The highest BCUT2D eigenvalue weighted by Crippen LogP contribution is 2.31. The smallest absolute Gasteiger partial charge is 0.259 e. The summed E-state index contributed by atoms with van der Waals surface area (Å²) >= 11 is 0. The number of piperidine rings is 1. The largest absolute Gasteiger partial charge is 0.495 e. The maximum absolute atomic E-state index is 13.1. The summed E-state index contributed by atoms with van der Waals surface area (Å²) in [5.41, 5.74) is 0.776. The van der Waals surface area contributed by atoms with Gasteiger partial charge in [-0.15, -0.1) is 0 Å². The normalized spacial score (nSPS) is 17.5. The van der Waals surface area contributed by atoms with Crippen molar-refractivity contribution in [2.45, 2.75) is 37.0 Å². The minimum atomic E-state index is -3.63. The summed E-state index contributed by atoms with van der Waals surface area (Å²) in [4.78, 5) is 19.8. The van der Waals surface area contributed by atoms with Crippen molar-refractivity contribution in [3.8, 4) is 5.75 Å². The molecular weight excluding hydrogens is 416 g/mol. The zero-order valence-electron chi connectivity index (χ0n) is 17.7. The predicted octanol–water partition coefficient (Wildman–Crippen LogP) is 3.12. The van der Waals surface area contributed by atoms with Crippen LogP contribution in [0.15, 0.2) is 41.4 Å². The number of methoxy groups -OCH3 is 1.